The smallest absolute Gasteiger partial charge is 0.257 e. The van der Waals surface area contributed by atoms with E-state index in [1.54, 1.807) is 6.20 Å². The number of rotatable bonds is 4. The Balaban J connectivity index is 1.59. The molecule has 1 amide bonds. The molecule has 5 heteroatoms. The Labute approximate surface area is 149 Å². The molecule has 1 aromatic carbocycles. The van der Waals surface area contributed by atoms with Crippen molar-refractivity contribution in [3.63, 3.8) is 0 Å². The van der Waals surface area contributed by atoms with Crippen molar-refractivity contribution in [2.24, 2.45) is 0 Å². The Bertz CT molecular complexity index is 703. The molecule has 1 aromatic heterocycles. The number of aryl methyl sites for hydroxylation is 1. The van der Waals surface area contributed by atoms with Crippen molar-refractivity contribution in [3.8, 4) is 0 Å². The average Bonchev–Trinajstić information content (AvgIpc) is 3.11. The number of benzene rings is 1. The molecule has 3 rings (SSSR count). The van der Waals surface area contributed by atoms with Crippen LogP contribution < -0.4 is 0 Å². The van der Waals surface area contributed by atoms with Crippen LogP contribution in [0, 0.1) is 0 Å². The van der Waals surface area contributed by atoms with Gasteiger partial charge < -0.3 is 9.64 Å². The lowest BCUT2D eigenvalue weighted by atomic mass is 10.1. The molecule has 1 aliphatic heterocycles. The summed E-state index contributed by atoms with van der Waals surface area (Å²) in [6.07, 6.45) is 5.50. The van der Waals surface area contributed by atoms with Crippen molar-refractivity contribution in [1.29, 1.82) is 0 Å². The second-order valence-electron chi connectivity index (χ2n) is 7.61. The SMILES string of the molecule is CC(C)(C)n1cc(C(=O)N2CCO[C@@H](CCc3ccccc3)C2)cn1. The average molecular weight is 341 g/mol. The summed E-state index contributed by atoms with van der Waals surface area (Å²) < 4.78 is 7.70. The van der Waals surface area contributed by atoms with Crippen molar-refractivity contribution in [1.82, 2.24) is 14.7 Å². The van der Waals surface area contributed by atoms with Gasteiger partial charge in [0.2, 0.25) is 0 Å². The monoisotopic (exact) mass is 341 g/mol. The van der Waals surface area contributed by atoms with Gasteiger partial charge in [0.15, 0.2) is 0 Å². The molecule has 134 valence electrons. The van der Waals surface area contributed by atoms with E-state index >= 15 is 0 Å². The number of ether oxygens (including phenoxy) is 1. The molecule has 2 heterocycles. The predicted molar refractivity (Wildman–Crippen MR) is 97.6 cm³/mol. The minimum atomic E-state index is -0.123. The Hall–Kier alpha value is -2.14. The van der Waals surface area contributed by atoms with Crippen molar-refractivity contribution in [2.75, 3.05) is 19.7 Å². The third-order valence-electron chi connectivity index (χ3n) is 4.54. The fourth-order valence-corrected chi connectivity index (χ4v) is 3.03. The van der Waals surface area contributed by atoms with Crippen molar-refractivity contribution in [3.05, 3.63) is 53.9 Å². The molecule has 0 unspecified atom stereocenters. The van der Waals surface area contributed by atoms with Crippen molar-refractivity contribution >= 4 is 5.91 Å². The summed E-state index contributed by atoms with van der Waals surface area (Å²) in [5.74, 6) is 0.0449. The summed E-state index contributed by atoms with van der Waals surface area (Å²) >= 11 is 0. The van der Waals surface area contributed by atoms with Gasteiger partial charge in [0.1, 0.15) is 0 Å². The van der Waals surface area contributed by atoms with Crippen molar-refractivity contribution < 1.29 is 9.53 Å². The molecule has 0 radical (unpaired) electrons. The molecule has 1 saturated heterocycles. The van der Waals surface area contributed by atoms with Crippen LogP contribution in [0.1, 0.15) is 43.1 Å². The number of hydrogen-bond acceptors (Lipinski definition) is 3. The van der Waals surface area contributed by atoms with E-state index in [2.05, 4.69) is 50.1 Å². The van der Waals surface area contributed by atoms with E-state index in [-0.39, 0.29) is 17.6 Å². The third kappa shape index (κ3) is 4.48. The van der Waals surface area contributed by atoms with Crippen LogP contribution in [-0.4, -0.2) is 46.4 Å². The molecule has 0 aliphatic carbocycles. The molecule has 0 N–H and O–H groups in total. The fraction of sp³-hybridized carbons (Fsp3) is 0.500. The summed E-state index contributed by atoms with van der Waals surface area (Å²) in [5, 5.41) is 4.34. The highest BCUT2D eigenvalue weighted by atomic mass is 16.5. The van der Waals surface area contributed by atoms with Gasteiger partial charge in [-0.15, -0.1) is 0 Å². The van der Waals surface area contributed by atoms with E-state index in [4.69, 9.17) is 4.74 Å². The Kier molecular flexibility index (Phi) is 5.23. The van der Waals surface area contributed by atoms with Crippen LogP contribution in [0.5, 0.6) is 0 Å². The first-order valence-electron chi connectivity index (χ1n) is 8.93. The topological polar surface area (TPSA) is 47.4 Å². The Morgan fingerprint density at radius 3 is 2.72 bits per heavy atom. The maximum atomic E-state index is 12.8. The van der Waals surface area contributed by atoms with E-state index in [1.165, 1.54) is 5.56 Å². The van der Waals surface area contributed by atoms with Gasteiger partial charge in [-0.05, 0) is 39.2 Å². The summed E-state index contributed by atoms with van der Waals surface area (Å²) in [6.45, 7) is 8.10. The predicted octanol–water partition coefficient (Wildman–Crippen LogP) is 3.11. The summed E-state index contributed by atoms with van der Waals surface area (Å²) in [7, 11) is 0. The Morgan fingerprint density at radius 1 is 1.28 bits per heavy atom. The first-order valence-corrected chi connectivity index (χ1v) is 8.93. The standard InChI is InChI=1S/C20H27N3O2/c1-20(2,3)23-14-17(13-21-23)19(24)22-11-12-25-18(15-22)10-9-16-7-5-4-6-8-16/h4-8,13-14,18H,9-12,15H2,1-3H3/t18-/m0/s1. The highest BCUT2D eigenvalue weighted by molar-refractivity contribution is 5.93. The van der Waals surface area contributed by atoms with Crippen LogP contribution in [-0.2, 0) is 16.7 Å². The molecule has 0 bridgehead atoms. The molecule has 0 saturated carbocycles. The molecule has 1 aliphatic rings. The summed E-state index contributed by atoms with van der Waals surface area (Å²) in [4.78, 5) is 14.7. The third-order valence-corrected chi connectivity index (χ3v) is 4.54. The minimum Gasteiger partial charge on any atom is -0.375 e. The van der Waals surface area contributed by atoms with Crippen LogP contribution >= 0.6 is 0 Å². The van der Waals surface area contributed by atoms with Crippen LogP contribution in [0.3, 0.4) is 0 Å². The molecule has 5 nitrogen and oxygen atoms in total. The van der Waals surface area contributed by atoms with Gasteiger partial charge in [0.05, 0.1) is 30.0 Å². The fourth-order valence-electron chi connectivity index (χ4n) is 3.03. The highest BCUT2D eigenvalue weighted by Gasteiger charge is 2.26. The van der Waals surface area contributed by atoms with Crippen molar-refractivity contribution in [2.45, 2.75) is 45.3 Å². The van der Waals surface area contributed by atoms with E-state index in [0.717, 1.165) is 12.8 Å². The zero-order valence-corrected chi connectivity index (χ0v) is 15.3. The lowest BCUT2D eigenvalue weighted by Gasteiger charge is -2.33. The highest BCUT2D eigenvalue weighted by Crippen LogP contribution is 2.17. The van der Waals surface area contributed by atoms with Gasteiger partial charge in [-0.3, -0.25) is 9.48 Å². The second-order valence-corrected chi connectivity index (χ2v) is 7.61. The van der Waals surface area contributed by atoms with E-state index < -0.39 is 0 Å². The number of morpholine rings is 1. The molecule has 2 aromatic rings. The largest absolute Gasteiger partial charge is 0.375 e. The van der Waals surface area contributed by atoms with Gasteiger partial charge in [-0.2, -0.15) is 5.10 Å². The number of amides is 1. The molecule has 0 spiro atoms. The molecule has 1 fully saturated rings. The maximum Gasteiger partial charge on any atom is 0.257 e. The van der Waals surface area contributed by atoms with Crippen LogP contribution in [0.2, 0.25) is 0 Å². The normalized spacial score (nSPS) is 18.4. The zero-order chi connectivity index (χ0) is 17.9. The molecule has 1 atom stereocenters. The maximum absolute atomic E-state index is 12.8. The summed E-state index contributed by atoms with van der Waals surface area (Å²) in [5.41, 5.74) is 1.83. The lowest BCUT2D eigenvalue weighted by molar-refractivity contribution is -0.0246. The van der Waals surface area contributed by atoms with Crippen LogP contribution in [0.4, 0.5) is 0 Å². The zero-order valence-electron chi connectivity index (χ0n) is 15.3. The molecule has 25 heavy (non-hydrogen) atoms. The first kappa shape index (κ1) is 17.7. The van der Waals surface area contributed by atoms with Crippen LogP contribution in [0.25, 0.3) is 0 Å². The number of carbonyl (C=O) groups is 1. The van der Waals surface area contributed by atoms with Gasteiger partial charge >= 0.3 is 0 Å². The number of carbonyl (C=O) groups excluding carboxylic acids is 1. The first-order chi connectivity index (χ1) is 11.9. The minimum absolute atomic E-state index is 0.0449. The van der Waals surface area contributed by atoms with E-state index in [0.29, 0.717) is 25.3 Å². The number of nitrogens with zero attached hydrogens (tertiary/aromatic N) is 3. The quantitative estimate of drug-likeness (QED) is 0.858. The lowest BCUT2D eigenvalue weighted by Crippen LogP contribution is -2.45. The van der Waals surface area contributed by atoms with E-state index in [9.17, 15) is 4.79 Å². The van der Waals surface area contributed by atoms with Crippen LogP contribution in [0.15, 0.2) is 42.7 Å². The second kappa shape index (κ2) is 7.40. The number of hydrogen-bond donors (Lipinski definition) is 0. The van der Waals surface area contributed by atoms with Gasteiger partial charge in [0, 0.05) is 19.3 Å². The van der Waals surface area contributed by atoms with E-state index in [1.807, 2.05) is 21.8 Å². The van der Waals surface area contributed by atoms with Gasteiger partial charge in [-0.25, -0.2) is 0 Å². The Morgan fingerprint density at radius 2 is 2.04 bits per heavy atom. The number of aromatic nitrogens is 2. The van der Waals surface area contributed by atoms with Gasteiger partial charge in [0.25, 0.3) is 5.91 Å². The van der Waals surface area contributed by atoms with Gasteiger partial charge in [-0.1, -0.05) is 30.3 Å². The summed E-state index contributed by atoms with van der Waals surface area (Å²) in [6, 6.07) is 10.4. The molecular weight excluding hydrogens is 314 g/mol. The molecular formula is C20H27N3O2.